The maximum atomic E-state index is 10.6. The summed E-state index contributed by atoms with van der Waals surface area (Å²) in [6.07, 6.45) is 1.55. The van der Waals surface area contributed by atoms with E-state index < -0.39 is 4.92 Å². The van der Waals surface area contributed by atoms with Gasteiger partial charge in [-0.15, -0.1) is 0 Å². The number of nitrogens with one attached hydrogen (secondary N) is 1. The number of benzene rings is 2. The molecule has 0 atom stereocenters. The van der Waals surface area contributed by atoms with Gasteiger partial charge in [0, 0.05) is 24.4 Å². The summed E-state index contributed by atoms with van der Waals surface area (Å²) in [4.78, 5) is 10.2. The van der Waals surface area contributed by atoms with E-state index in [-0.39, 0.29) is 5.70 Å². The highest BCUT2D eigenvalue weighted by atomic mass is 16.6. The largest absolute Gasteiger partial charge is 0.356 e. The molecule has 2 rings (SSSR count). The summed E-state index contributed by atoms with van der Waals surface area (Å²) in [5.74, 6) is 0. The SMILES string of the molecule is CC(=Cc1cccc(Nc2ccccc2)c1)[N+](=O)[O-]. The van der Waals surface area contributed by atoms with E-state index in [4.69, 9.17) is 0 Å². The van der Waals surface area contributed by atoms with Crippen LogP contribution in [-0.2, 0) is 0 Å². The molecule has 0 aliphatic heterocycles. The van der Waals surface area contributed by atoms with E-state index in [1.165, 1.54) is 6.92 Å². The Hall–Kier alpha value is -2.62. The smallest absolute Gasteiger partial charge is 0.243 e. The van der Waals surface area contributed by atoms with Gasteiger partial charge in [-0.1, -0.05) is 30.3 Å². The zero-order valence-electron chi connectivity index (χ0n) is 10.5. The van der Waals surface area contributed by atoms with Gasteiger partial charge in [0.15, 0.2) is 0 Å². The van der Waals surface area contributed by atoms with Gasteiger partial charge in [-0.3, -0.25) is 10.1 Å². The maximum Gasteiger partial charge on any atom is 0.243 e. The third-order valence-electron chi connectivity index (χ3n) is 2.61. The van der Waals surface area contributed by atoms with Crippen molar-refractivity contribution in [3.63, 3.8) is 0 Å². The fourth-order valence-electron chi connectivity index (χ4n) is 1.69. The first-order chi connectivity index (χ1) is 9.15. The monoisotopic (exact) mass is 254 g/mol. The zero-order valence-corrected chi connectivity index (χ0v) is 10.5. The Kier molecular flexibility index (Phi) is 3.93. The highest BCUT2D eigenvalue weighted by molar-refractivity contribution is 5.64. The Morgan fingerprint density at radius 1 is 1.11 bits per heavy atom. The molecule has 96 valence electrons. The summed E-state index contributed by atoms with van der Waals surface area (Å²) >= 11 is 0. The van der Waals surface area contributed by atoms with Gasteiger partial charge in [0.05, 0.1) is 4.92 Å². The van der Waals surface area contributed by atoms with E-state index in [0.29, 0.717) is 0 Å². The molecule has 0 amide bonds. The van der Waals surface area contributed by atoms with Crippen LogP contribution in [0.5, 0.6) is 0 Å². The van der Waals surface area contributed by atoms with Crippen molar-refractivity contribution in [3.8, 4) is 0 Å². The lowest BCUT2D eigenvalue weighted by molar-refractivity contribution is -0.422. The van der Waals surface area contributed by atoms with Crippen molar-refractivity contribution in [3.05, 3.63) is 76.0 Å². The van der Waals surface area contributed by atoms with Crippen LogP contribution >= 0.6 is 0 Å². The normalized spacial score (nSPS) is 11.1. The van der Waals surface area contributed by atoms with Crippen molar-refractivity contribution in [2.75, 3.05) is 5.32 Å². The van der Waals surface area contributed by atoms with Crippen molar-refractivity contribution >= 4 is 17.5 Å². The minimum atomic E-state index is -0.392. The maximum absolute atomic E-state index is 10.6. The van der Waals surface area contributed by atoms with Crippen molar-refractivity contribution in [1.82, 2.24) is 0 Å². The highest BCUT2D eigenvalue weighted by Gasteiger charge is 2.02. The van der Waals surface area contributed by atoms with Gasteiger partial charge in [-0.25, -0.2) is 0 Å². The van der Waals surface area contributed by atoms with Gasteiger partial charge in [0.2, 0.25) is 5.70 Å². The second-order valence-corrected chi connectivity index (χ2v) is 4.16. The van der Waals surface area contributed by atoms with Crippen molar-refractivity contribution < 1.29 is 4.92 Å². The Balaban J connectivity index is 2.20. The summed E-state index contributed by atoms with van der Waals surface area (Å²) in [6, 6.07) is 17.3. The molecule has 2 aromatic carbocycles. The lowest BCUT2D eigenvalue weighted by atomic mass is 10.1. The van der Waals surface area contributed by atoms with Gasteiger partial charge in [0.1, 0.15) is 0 Å². The molecule has 0 heterocycles. The number of anilines is 2. The Morgan fingerprint density at radius 2 is 1.79 bits per heavy atom. The molecule has 0 aliphatic carbocycles. The topological polar surface area (TPSA) is 55.2 Å². The fraction of sp³-hybridized carbons (Fsp3) is 0.0667. The number of nitrogens with zero attached hydrogens (tertiary/aromatic N) is 1. The summed E-state index contributed by atoms with van der Waals surface area (Å²) < 4.78 is 0. The van der Waals surface area contributed by atoms with Crippen LogP contribution in [0, 0.1) is 10.1 Å². The molecule has 1 N–H and O–H groups in total. The first-order valence-corrected chi connectivity index (χ1v) is 5.90. The predicted octanol–water partition coefficient (Wildman–Crippen LogP) is 4.07. The Labute approximate surface area is 111 Å². The van der Waals surface area contributed by atoms with E-state index in [2.05, 4.69) is 5.32 Å². The second kappa shape index (κ2) is 5.82. The van der Waals surface area contributed by atoms with E-state index in [1.807, 2.05) is 54.6 Å². The van der Waals surface area contributed by atoms with Crippen LogP contribution in [0.1, 0.15) is 12.5 Å². The minimum absolute atomic E-state index is 0.122. The molecule has 0 aromatic heterocycles. The number of hydrogen-bond donors (Lipinski definition) is 1. The Morgan fingerprint density at radius 3 is 2.47 bits per heavy atom. The quantitative estimate of drug-likeness (QED) is 0.661. The lowest BCUT2D eigenvalue weighted by Gasteiger charge is -2.06. The number of para-hydroxylation sites is 1. The minimum Gasteiger partial charge on any atom is -0.356 e. The number of hydrogen-bond acceptors (Lipinski definition) is 3. The molecule has 0 saturated heterocycles. The van der Waals surface area contributed by atoms with Gasteiger partial charge in [0.25, 0.3) is 0 Å². The third kappa shape index (κ3) is 3.67. The molecule has 0 radical (unpaired) electrons. The average molecular weight is 254 g/mol. The number of nitro groups is 1. The molecular weight excluding hydrogens is 240 g/mol. The lowest BCUT2D eigenvalue weighted by Crippen LogP contribution is -1.94. The first-order valence-electron chi connectivity index (χ1n) is 5.90. The van der Waals surface area contributed by atoms with Crippen molar-refractivity contribution in [1.29, 1.82) is 0 Å². The molecule has 0 saturated carbocycles. The standard InChI is InChI=1S/C15H14N2O2/c1-12(17(18)19)10-13-6-5-9-15(11-13)16-14-7-3-2-4-8-14/h2-11,16H,1H3. The highest BCUT2D eigenvalue weighted by Crippen LogP contribution is 2.18. The number of rotatable bonds is 4. The van der Waals surface area contributed by atoms with Crippen molar-refractivity contribution in [2.45, 2.75) is 6.92 Å². The molecule has 19 heavy (non-hydrogen) atoms. The van der Waals surface area contributed by atoms with Gasteiger partial charge in [-0.2, -0.15) is 0 Å². The third-order valence-corrected chi connectivity index (χ3v) is 2.61. The number of allylic oxidation sites excluding steroid dienone is 1. The van der Waals surface area contributed by atoms with E-state index in [9.17, 15) is 10.1 Å². The molecule has 2 aromatic rings. The molecule has 0 unspecified atom stereocenters. The van der Waals surface area contributed by atoms with Crippen LogP contribution in [0.15, 0.2) is 60.3 Å². The van der Waals surface area contributed by atoms with E-state index >= 15 is 0 Å². The second-order valence-electron chi connectivity index (χ2n) is 4.16. The molecule has 0 aliphatic rings. The zero-order chi connectivity index (χ0) is 13.7. The summed E-state index contributed by atoms with van der Waals surface area (Å²) in [5, 5.41) is 13.8. The molecule has 0 spiro atoms. The van der Waals surface area contributed by atoms with Crippen LogP contribution in [0.25, 0.3) is 6.08 Å². The van der Waals surface area contributed by atoms with E-state index in [0.717, 1.165) is 16.9 Å². The van der Waals surface area contributed by atoms with Gasteiger partial charge < -0.3 is 5.32 Å². The first kappa shape index (κ1) is 12.8. The van der Waals surface area contributed by atoms with Crippen LogP contribution in [0.2, 0.25) is 0 Å². The van der Waals surface area contributed by atoms with Crippen LogP contribution in [0.3, 0.4) is 0 Å². The molecular formula is C15H14N2O2. The average Bonchev–Trinajstić information content (AvgIpc) is 2.40. The summed E-state index contributed by atoms with van der Waals surface area (Å²) in [6.45, 7) is 1.48. The predicted molar refractivity (Wildman–Crippen MR) is 76.8 cm³/mol. The van der Waals surface area contributed by atoms with Gasteiger partial charge in [-0.05, 0) is 29.8 Å². The van der Waals surface area contributed by atoms with E-state index in [1.54, 1.807) is 6.08 Å². The summed E-state index contributed by atoms with van der Waals surface area (Å²) in [7, 11) is 0. The van der Waals surface area contributed by atoms with Crippen LogP contribution in [0.4, 0.5) is 11.4 Å². The molecule has 4 heteroatoms. The van der Waals surface area contributed by atoms with Gasteiger partial charge >= 0.3 is 0 Å². The summed E-state index contributed by atoms with van der Waals surface area (Å²) in [5.41, 5.74) is 2.80. The van der Waals surface area contributed by atoms with Crippen molar-refractivity contribution in [2.24, 2.45) is 0 Å². The molecule has 4 nitrogen and oxygen atoms in total. The van der Waals surface area contributed by atoms with Crippen LogP contribution in [-0.4, -0.2) is 4.92 Å². The Bertz CT molecular complexity index is 607. The van der Waals surface area contributed by atoms with Crippen LogP contribution < -0.4 is 5.32 Å². The molecule has 0 bridgehead atoms. The fourth-order valence-corrected chi connectivity index (χ4v) is 1.69. The molecule has 0 fully saturated rings.